The Bertz CT molecular complexity index is 234. The Morgan fingerprint density at radius 3 is 2.00 bits per heavy atom. The van der Waals surface area contributed by atoms with Gasteiger partial charge in [0.05, 0.1) is 0 Å². The lowest BCUT2D eigenvalue weighted by molar-refractivity contribution is 0.103. The molecule has 3 unspecified atom stereocenters. The lowest BCUT2D eigenvalue weighted by Crippen LogP contribution is -2.30. The Morgan fingerprint density at radius 1 is 0.833 bits per heavy atom. The average Bonchev–Trinajstić information content (AvgIpc) is 2.32. The molecular formula is C18H34. The van der Waals surface area contributed by atoms with Crippen LogP contribution in [0.3, 0.4) is 0 Å². The first-order chi connectivity index (χ1) is 8.56. The molecule has 0 N–H and O–H groups in total. The van der Waals surface area contributed by atoms with Gasteiger partial charge in [0.15, 0.2) is 0 Å². The monoisotopic (exact) mass is 250 g/mol. The SMILES string of the molecule is CC(C)CC1CCC(C2CCC(C)CC2)CC1C. The van der Waals surface area contributed by atoms with E-state index in [1.807, 2.05) is 0 Å². The van der Waals surface area contributed by atoms with E-state index in [9.17, 15) is 0 Å². The summed E-state index contributed by atoms with van der Waals surface area (Å²) in [4.78, 5) is 0. The first-order valence-corrected chi connectivity index (χ1v) is 8.56. The van der Waals surface area contributed by atoms with Crippen LogP contribution in [0.1, 0.15) is 79.1 Å². The summed E-state index contributed by atoms with van der Waals surface area (Å²) in [6, 6.07) is 0. The van der Waals surface area contributed by atoms with Crippen LogP contribution in [-0.2, 0) is 0 Å². The van der Waals surface area contributed by atoms with E-state index < -0.39 is 0 Å². The summed E-state index contributed by atoms with van der Waals surface area (Å²) in [5.74, 6) is 6.09. The van der Waals surface area contributed by atoms with E-state index >= 15 is 0 Å². The molecule has 0 aliphatic heterocycles. The Labute approximate surface area is 115 Å². The van der Waals surface area contributed by atoms with Gasteiger partial charge in [0.1, 0.15) is 0 Å². The Morgan fingerprint density at radius 2 is 1.44 bits per heavy atom. The average molecular weight is 250 g/mol. The summed E-state index contributed by atoms with van der Waals surface area (Å²) in [5, 5.41) is 0. The Balaban J connectivity index is 1.80. The van der Waals surface area contributed by atoms with Crippen LogP contribution in [0, 0.1) is 35.5 Å². The van der Waals surface area contributed by atoms with E-state index in [0.717, 1.165) is 35.5 Å². The van der Waals surface area contributed by atoms with Crippen molar-refractivity contribution in [2.24, 2.45) is 35.5 Å². The summed E-state index contributed by atoms with van der Waals surface area (Å²) < 4.78 is 0. The molecule has 18 heavy (non-hydrogen) atoms. The van der Waals surface area contributed by atoms with Gasteiger partial charge in [0.25, 0.3) is 0 Å². The van der Waals surface area contributed by atoms with Crippen LogP contribution in [-0.4, -0.2) is 0 Å². The molecule has 0 heteroatoms. The van der Waals surface area contributed by atoms with Crippen molar-refractivity contribution >= 4 is 0 Å². The van der Waals surface area contributed by atoms with Gasteiger partial charge in [-0.05, 0) is 74.0 Å². The van der Waals surface area contributed by atoms with Crippen LogP contribution in [0.4, 0.5) is 0 Å². The molecule has 0 aromatic carbocycles. The van der Waals surface area contributed by atoms with Crippen LogP contribution >= 0.6 is 0 Å². The second-order valence-electron chi connectivity index (χ2n) is 7.96. The summed E-state index contributed by atoms with van der Waals surface area (Å²) in [6.07, 6.45) is 12.2. The molecule has 0 aromatic heterocycles. The van der Waals surface area contributed by atoms with Gasteiger partial charge in [0.2, 0.25) is 0 Å². The smallest absolute Gasteiger partial charge is 0.0383 e. The maximum atomic E-state index is 2.53. The molecule has 2 aliphatic rings. The van der Waals surface area contributed by atoms with Gasteiger partial charge in [-0.2, -0.15) is 0 Å². The zero-order valence-electron chi connectivity index (χ0n) is 13.1. The molecular weight excluding hydrogens is 216 g/mol. The van der Waals surface area contributed by atoms with Crippen molar-refractivity contribution in [1.82, 2.24) is 0 Å². The minimum Gasteiger partial charge on any atom is -0.0628 e. The summed E-state index contributed by atoms with van der Waals surface area (Å²) in [5.41, 5.74) is 0. The number of hydrogen-bond acceptors (Lipinski definition) is 0. The molecule has 106 valence electrons. The van der Waals surface area contributed by atoms with E-state index in [2.05, 4.69) is 27.7 Å². The maximum Gasteiger partial charge on any atom is -0.0383 e. The minimum atomic E-state index is 0.893. The highest BCUT2D eigenvalue weighted by atomic mass is 14.4. The maximum absolute atomic E-state index is 2.53. The molecule has 0 bridgehead atoms. The third-order valence-corrected chi connectivity index (χ3v) is 5.89. The van der Waals surface area contributed by atoms with Crippen LogP contribution < -0.4 is 0 Å². The molecule has 0 radical (unpaired) electrons. The molecule has 2 rings (SSSR count). The molecule has 0 amide bonds. The van der Waals surface area contributed by atoms with Crippen molar-refractivity contribution < 1.29 is 0 Å². The highest BCUT2D eigenvalue weighted by Gasteiger charge is 2.33. The molecule has 0 heterocycles. The van der Waals surface area contributed by atoms with Gasteiger partial charge in [-0.1, -0.05) is 40.5 Å². The van der Waals surface area contributed by atoms with Crippen LogP contribution in [0.15, 0.2) is 0 Å². The molecule has 0 aromatic rings. The van der Waals surface area contributed by atoms with Crippen molar-refractivity contribution in [3.8, 4) is 0 Å². The van der Waals surface area contributed by atoms with Crippen molar-refractivity contribution in [1.29, 1.82) is 0 Å². The van der Waals surface area contributed by atoms with E-state index in [-0.39, 0.29) is 0 Å². The highest BCUT2D eigenvalue weighted by Crippen LogP contribution is 2.44. The van der Waals surface area contributed by atoms with Gasteiger partial charge in [-0.3, -0.25) is 0 Å². The fourth-order valence-corrected chi connectivity index (χ4v) is 4.64. The molecule has 2 saturated carbocycles. The molecule has 2 aliphatic carbocycles. The molecule has 0 saturated heterocycles. The summed E-state index contributed by atoms with van der Waals surface area (Å²) >= 11 is 0. The van der Waals surface area contributed by atoms with Gasteiger partial charge >= 0.3 is 0 Å². The quantitative estimate of drug-likeness (QED) is 0.584. The number of hydrogen-bond donors (Lipinski definition) is 0. The van der Waals surface area contributed by atoms with Crippen molar-refractivity contribution in [3.63, 3.8) is 0 Å². The van der Waals surface area contributed by atoms with Crippen LogP contribution in [0.2, 0.25) is 0 Å². The van der Waals surface area contributed by atoms with E-state index in [1.54, 1.807) is 6.42 Å². The molecule has 2 fully saturated rings. The molecule has 3 atom stereocenters. The van der Waals surface area contributed by atoms with Gasteiger partial charge < -0.3 is 0 Å². The van der Waals surface area contributed by atoms with Crippen molar-refractivity contribution in [2.75, 3.05) is 0 Å². The fraction of sp³-hybridized carbons (Fsp3) is 1.00. The van der Waals surface area contributed by atoms with E-state index in [1.165, 1.54) is 44.9 Å². The van der Waals surface area contributed by atoms with E-state index in [4.69, 9.17) is 0 Å². The van der Waals surface area contributed by atoms with Gasteiger partial charge in [0, 0.05) is 0 Å². The molecule has 0 spiro atoms. The fourth-order valence-electron chi connectivity index (χ4n) is 4.64. The second-order valence-corrected chi connectivity index (χ2v) is 7.96. The minimum absolute atomic E-state index is 0.893. The van der Waals surface area contributed by atoms with Gasteiger partial charge in [-0.15, -0.1) is 0 Å². The standard InChI is InChI=1S/C18H34/c1-13(2)11-17-9-10-18(12-15(17)4)16-7-5-14(3)6-8-16/h13-18H,5-12H2,1-4H3. The first-order valence-electron chi connectivity index (χ1n) is 8.56. The van der Waals surface area contributed by atoms with Crippen molar-refractivity contribution in [3.05, 3.63) is 0 Å². The van der Waals surface area contributed by atoms with Crippen LogP contribution in [0.5, 0.6) is 0 Å². The summed E-state index contributed by atoms with van der Waals surface area (Å²) in [6.45, 7) is 9.76. The normalized spacial score (nSPS) is 42.2. The largest absolute Gasteiger partial charge is 0.0628 e. The zero-order valence-corrected chi connectivity index (χ0v) is 13.1. The zero-order chi connectivity index (χ0) is 13.1. The topological polar surface area (TPSA) is 0 Å². The predicted octanol–water partition coefficient (Wildman–Crippen LogP) is 5.91. The number of rotatable bonds is 3. The Hall–Kier alpha value is 0. The van der Waals surface area contributed by atoms with Crippen molar-refractivity contribution in [2.45, 2.75) is 79.1 Å². The second kappa shape index (κ2) is 6.44. The Kier molecular flexibility index (Phi) is 5.15. The molecule has 0 nitrogen and oxygen atoms in total. The third kappa shape index (κ3) is 3.75. The first kappa shape index (κ1) is 14.4. The van der Waals surface area contributed by atoms with Gasteiger partial charge in [-0.25, -0.2) is 0 Å². The summed E-state index contributed by atoms with van der Waals surface area (Å²) in [7, 11) is 0. The highest BCUT2D eigenvalue weighted by molar-refractivity contribution is 4.84. The predicted molar refractivity (Wildman–Crippen MR) is 80.6 cm³/mol. The third-order valence-electron chi connectivity index (χ3n) is 5.89. The van der Waals surface area contributed by atoms with Crippen LogP contribution in [0.25, 0.3) is 0 Å². The lowest BCUT2D eigenvalue weighted by Gasteiger charge is -2.41. The lowest BCUT2D eigenvalue weighted by atomic mass is 9.65. The van der Waals surface area contributed by atoms with E-state index in [0.29, 0.717) is 0 Å².